The molecule has 0 radical (unpaired) electrons. The number of carbonyl (C=O) groups excluding carboxylic acids is 1. The second kappa shape index (κ2) is 8.50. The van der Waals surface area contributed by atoms with Crippen molar-refractivity contribution in [3.8, 4) is 5.75 Å². The van der Waals surface area contributed by atoms with Gasteiger partial charge in [0.15, 0.2) is 0 Å². The van der Waals surface area contributed by atoms with Gasteiger partial charge in [0.25, 0.3) is 0 Å². The summed E-state index contributed by atoms with van der Waals surface area (Å²) in [7, 11) is 0. The molecule has 0 spiro atoms. The van der Waals surface area contributed by atoms with Gasteiger partial charge in [0.2, 0.25) is 5.91 Å². The van der Waals surface area contributed by atoms with E-state index in [0.29, 0.717) is 6.61 Å². The van der Waals surface area contributed by atoms with Crippen LogP contribution in [0.15, 0.2) is 36.4 Å². The minimum absolute atomic E-state index is 0.179. The lowest BCUT2D eigenvalue weighted by atomic mass is 9.94. The number of carbonyl (C=O) groups is 1. The van der Waals surface area contributed by atoms with Gasteiger partial charge < -0.3 is 10.1 Å². The van der Waals surface area contributed by atoms with Gasteiger partial charge in [0.1, 0.15) is 5.75 Å². The number of ether oxygens (including phenoxy) is 1. The molecule has 1 aromatic carbocycles. The first kappa shape index (κ1) is 15.6. The van der Waals surface area contributed by atoms with E-state index < -0.39 is 0 Å². The summed E-state index contributed by atoms with van der Waals surface area (Å²) >= 11 is 0. The Bertz CT molecular complexity index is 465. The highest BCUT2D eigenvalue weighted by atomic mass is 16.5. The monoisotopic (exact) mass is 287 g/mol. The number of hydrogen-bond donors (Lipinski definition) is 1. The van der Waals surface area contributed by atoms with Gasteiger partial charge >= 0.3 is 0 Å². The summed E-state index contributed by atoms with van der Waals surface area (Å²) in [5.41, 5.74) is 1.24. The molecule has 3 nitrogen and oxygen atoms in total. The molecule has 0 fully saturated rings. The smallest absolute Gasteiger partial charge is 0.223 e. The fraction of sp³-hybridized carbons (Fsp3) is 0.500. The van der Waals surface area contributed by atoms with Gasteiger partial charge in [-0.2, -0.15) is 0 Å². The van der Waals surface area contributed by atoms with Crippen LogP contribution < -0.4 is 10.1 Å². The van der Waals surface area contributed by atoms with Crippen LogP contribution in [0.2, 0.25) is 0 Å². The third-order valence-electron chi connectivity index (χ3n) is 3.80. The molecule has 1 amide bonds. The second-order valence-electron chi connectivity index (χ2n) is 5.64. The van der Waals surface area contributed by atoms with Gasteiger partial charge in [0, 0.05) is 12.5 Å². The molecular formula is C18H25NO2. The Hall–Kier alpha value is -1.77. The molecule has 1 aliphatic carbocycles. The van der Waals surface area contributed by atoms with Crippen LogP contribution in [0, 0.1) is 12.8 Å². The molecular weight excluding hydrogens is 262 g/mol. The topological polar surface area (TPSA) is 38.3 Å². The van der Waals surface area contributed by atoms with Crippen molar-refractivity contribution in [3.05, 3.63) is 42.0 Å². The predicted octanol–water partition coefficient (Wildman–Crippen LogP) is 3.63. The molecule has 0 aromatic heterocycles. The Morgan fingerprint density at radius 1 is 1.24 bits per heavy atom. The van der Waals surface area contributed by atoms with Crippen LogP contribution in [0.1, 0.15) is 37.7 Å². The van der Waals surface area contributed by atoms with E-state index in [0.717, 1.165) is 44.4 Å². The van der Waals surface area contributed by atoms with E-state index in [-0.39, 0.29) is 11.8 Å². The SMILES string of the molecule is Cc1ccc(OCCCCNC(=O)[C@H]2CC=CCC2)cc1. The van der Waals surface area contributed by atoms with Crippen molar-refractivity contribution in [2.24, 2.45) is 5.92 Å². The quantitative estimate of drug-likeness (QED) is 0.614. The van der Waals surface area contributed by atoms with Crippen molar-refractivity contribution < 1.29 is 9.53 Å². The van der Waals surface area contributed by atoms with E-state index in [4.69, 9.17) is 4.74 Å². The summed E-state index contributed by atoms with van der Waals surface area (Å²) in [6.45, 7) is 3.51. The Balaban J connectivity index is 1.52. The van der Waals surface area contributed by atoms with Crippen LogP contribution in [-0.4, -0.2) is 19.1 Å². The lowest BCUT2D eigenvalue weighted by molar-refractivity contribution is -0.125. The summed E-state index contributed by atoms with van der Waals surface area (Å²) < 4.78 is 5.66. The summed E-state index contributed by atoms with van der Waals surface area (Å²) in [6, 6.07) is 8.09. The van der Waals surface area contributed by atoms with Crippen molar-refractivity contribution in [2.75, 3.05) is 13.2 Å². The van der Waals surface area contributed by atoms with E-state index in [9.17, 15) is 4.79 Å². The maximum absolute atomic E-state index is 11.9. The zero-order valence-corrected chi connectivity index (χ0v) is 12.8. The number of aryl methyl sites for hydroxylation is 1. The number of rotatable bonds is 7. The zero-order chi connectivity index (χ0) is 14.9. The molecule has 21 heavy (non-hydrogen) atoms. The molecule has 3 heteroatoms. The minimum atomic E-state index is 0.179. The average molecular weight is 287 g/mol. The van der Waals surface area contributed by atoms with Crippen molar-refractivity contribution in [3.63, 3.8) is 0 Å². The Morgan fingerprint density at radius 2 is 2.05 bits per heavy atom. The van der Waals surface area contributed by atoms with E-state index in [1.165, 1.54) is 5.56 Å². The number of nitrogens with one attached hydrogen (secondary N) is 1. The largest absolute Gasteiger partial charge is 0.494 e. The maximum atomic E-state index is 11.9. The van der Waals surface area contributed by atoms with Crippen molar-refractivity contribution >= 4 is 5.91 Å². The van der Waals surface area contributed by atoms with E-state index in [1.54, 1.807) is 0 Å². The van der Waals surface area contributed by atoms with Gasteiger partial charge in [-0.3, -0.25) is 4.79 Å². The first-order chi connectivity index (χ1) is 10.3. The molecule has 1 N–H and O–H groups in total. The van der Waals surface area contributed by atoms with E-state index >= 15 is 0 Å². The lowest BCUT2D eigenvalue weighted by Crippen LogP contribution is -2.32. The molecule has 0 aliphatic heterocycles. The van der Waals surface area contributed by atoms with Crippen LogP contribution in [0.3, 0.4) is 0 Å². The van der Waals surface area contributed by atoms with Crippen molar-refractivity contribution in [1.82, 2.24) is 5.32 Å². The molecule has 0 bridgehead atoms. The zero-order valence-electron chi connectivity index (χ0n) is 12.8. The molecule has 0 heterocycles. The summed E-state index contributed by atoms with van der Waals surface area (Å²) in [6.07, 6.45) is 9.10. The molecule has 0 saturated heterocycles. The number of allylic oxidation sites excluding steroid dienone is 2. The van der Waals surface area contributed by atoms with Crippen LogP contribution in [0.5, 0.6) is 5.75 Å². The van der Waals surface area contributed by atoms with E-state index in [1.807, 2.05) is 24.3 Å². The standard InChI is InChI=1S/C18H25NO2/c1-15-9-11-17(12-10-15)21-14-6-5-13-19-18(20)16-7-3-2-4-8-16/h2-3,9-12,16H,4-8,13-14H2,1H3,(H,19,20)/t16-/m0/s1. The van der Waals surface area contributed by atoms with E-state index in [2.05, 4.69) is 24.4 Å². The predicted molar refractivity (Wildman–Crippen MR) is 85.4 cm³/mol. The third-order valence-corrected chi connectivity index (χ3v) is 3.80. The highest BCUT2D eigenvalue weighted by molar-refractivity contribution is 5.78. The molecule has 0 saturated carbocycles. The Kier molecular flexibility index (Phi) is 6.32. The van der Waals surface area contributed by atoms with Crippen LogP contribution in [0.4, 0.5) is 0 Å². The summed E-state index contributed by atoms with van der Waals surface area (Å²) in [5.74, 6) is 1.30. The minimum Gasteiger partial charge on any atom is -0.494 e. The normalized spacial score (nSPS) is 17.5. The highest BCUT2D eigenvalue weighted by Crippen LogP contribution is 2.18. The number of unbranched alkanes of at least 4 members (excludes halogenated alkanes) is 1. The van der Waals surface area contributed by atoms with Crippen LogP contribution in [0.25, 0.3) is 0 Å². The maximum Gasteiger partial charge on any atom is 0.223 e. The van der Waals surface area contributed by atoms with Gasteiger partial charge in [-0.15, -0.1) is 0 Å². The second-order valence-corrected chi connectivity index (χ2v) is 5.64. The molecule has 1 aliphatic rings. The van der Waals surface area contributed by atoms with Crippen LogP contribution in [-0.2, 0) is 4.79 Å². The van der Waals surface area contributed by atoms with Crippen molar-refractivity contribution in [1.29, 1.82) is 0 Å². The van der Waals surface area contributed by atoms with Crippen LogP contribution >= 0.6 is 0 Å². The fourth-order valence-corrected chi connectivity index (χ4v) is 2.44. The first-order valence-corrected chi connectivity index (χ1v) is 7.88. The van der Waals surface area contributed by atoms with Gasteiger partial charge in [-0.25, -0.2) is 0 Å². The molecule has 0 unspecified atom stereocenters. The number of hydrogen-bond acceptors (Lipinski definition) is 2. The fourth-order valence-electron chi connectivity index (χ4n) is 2.44. The molecule has 1 aromatic rings. The van der Waals surface area contributed by atoms with Gasteiger partial charge in [-0.1, -0.05) is 29.8 Å². The third kappa shape index (κ3) is 5.62. The Morgan fingerprint density at radius 3 is 2.76 bits per heavy atom. The summed E-state index contributed by atoms with van der Waals surface area (Å²) in [5, 5.41) is 3.03. The highest BCUT2D eigenvalue weighted by Gasteiger charge is 2.17. The lowest BCUT2D eigenvalue weighted by Gasteiger charge is -2.17. The number of benzene rings is 1. The van der Waals surface area contributed by atoms with Crippen molar-refractivity contribution in [2.45, 2.75) is 39.0 Å². The average Bonchev–Trinajstić information content (AvgIpc) is 2.53. The van der Waals surface area contributed by atoms with Gasteiger partial charge in [0.05, 0.1) is 6.61 Å². The number of amides is 1. The molecule has 1 atom stereocenters. The Labute approximate surface area is 127 Å². The molecule has 2 rings (SSSR count). The molecule has 114 valence electrons. The first-order valence-electron chi connectivity index (χ1n) is 7.88. The summed E-state index contributed by atoms with van der Waals surface area (Å²) in [4.78, 5) is 11.9. The van der Waals surface area contributed by atoms with Gasteiger partial charge in [-0.05, 0) is 51.2 Å².